The summed E-state index contributed by atoms with van der Waals surface area (Å²) in [4.78, 5) is 9.30. The molecule has 0 amide bonds. The van der Waals surface area contributed by atoms with Gasteiger partial charge in [-0.2, -0.15) is 0 Å². The van der Waals surface area contributed by atoms with Crippen molar-refractivity contribution >= 4 is 28.6 Å². The Bertz CT molecular complexity index is 964. The maximum Gasteiger partial charge on any atom is 0.170 e. The first-order valence-electron chi connectivity index (χ1n) is 10.3. The van der Waals surface area contributed by atoms with Crippen LogP contribution in [-0.2, 0) is 0 Å². The van der Waals surface area contributed by atoms with Gasteiger partial charge in [0, 0.05) is 30.5 Å². The minimum absolute atomic E-state index is 0.00947. The first kappa shape index (κ1) is 19.9. The molecule has 0 saturated carbocycles. The number of thiocarbonyl (C=S) groups is 1. The Kier molecular flexibility index (Phi) is 4.89. The van der Waals surface area contributed by atoms with Crippen molar-refractivity contribution in [3.8, 4) is 0 Å². The summed E-state index contributed by atoms with van der Waals surface area (Å²) in [5.41, 5.74) is 6.19. The van der Waals surface area contributed by atoms with E-state index in [1.54, 1.807) is 0 Å². The lowest BCUT2D eigenvalue weighted by molar-refractivity contribution is 0.269. The van der Waals surface area contributed by atoms with Gasteiger partial charge in [-0.25, -0.2) is 0 Å². The van der Waals surface area contributed by atoms with E-state index in [2.05, 4.69) is 92.1 Å². The Morgan fingerprint density at radius 2 is 1.93 bits per heavy atom. The third-order valence-corrected chi connectivity index (χ3v) is 6.60. The van der Waals surface area contributed by atoms with Gasteiger partial charge in [0.2, 0.25) is 0 Å². The summed E-state index contributed by atoms with van der Waals surface area (Å²) >= 11 is 5.73. The lowest BCUT2D eigenvalue weighted by atomic mass is 9.86. The highest BCUT2D eigenvalue weighted by Gasteiger charge is 2.41. The number of nitrogens with one attached hydrogen (secondary N) is 1. The fourth-order valence-corrected chi connectivity index (χ4v) is 5.09. The molecule has 2 aliphatic rings. The van der Waals surface area contributed by atoms with Crippen molar-refractivity contribution in [1.29, 1.82) is 0 Å². The molecule has 3 heterocycles. The van der Waals surface area contributed by atoms with Crippen LogP contribution in [0.5, 0.6) is 0 Å². The Labute approximate surface area is 179 Å². The predicted molar refractivity (Wildman–Crippen MR) is 125 cm³/mol. The zero-order chi connectivity index (χ0) is 20.9. The molecule has 0 bridgehead atoms. The van der Waals surface area contributed by atoms with E-state index in [4.69, 9.17) is 12.2 Å². The molecule has 29 heavy (non-hydrogen) atoms. The molecule has 5 heteroatoms. The number of benzene rings is 1. The molecule has 4 rings (SSSR count). The van der Waals surface area contributed by atoms with Crippen LogP contribution >= 0.6 is 12.2 Å². The zero-order valence-corrected chi connectivity index (χ0v) is 18.9. The van der Waals surface area contributed by atoms with Crippen LogP contribution in [0.1, 0.15) is 63.5 Å². The summed E-state index contributed by atoms with van der Waals surface area (Å²) in [5.74, 6) is 0. The molecule has 0 spiro atoms. The van der Waals surface area contributed by atoms with Gasteiger partial charge in [-0.1, -0.05) is 18.2 Å². The molecule has 2 atom stereocenters. The normalized spacial score (nSPS) is 23.1. The topological polar surface area (TPSA) is 31.4 Å². The lowest BCUT2D eigenvalue weighted by Gasteiger charge is -2.41. The van der Waals surface area contributed by atoms with E-state index < -0.39 is 0 Å². The van der Waals surface area contributed by atoms with E-state index in [9.17, 15) is 0 Å². The van der Waals surface area contributed by atoms with Crippen molar-refractivity contribution in [3.63, 3.8) is 0 Å². The molecule has 2 aliphatic heterocycles. The molecule has 1 N–H and O–H groups in total. The van der Waals surface area contributed by atoms with Gasteiger partial charge in [0.05, 0.1) is 23.3 Å². The second-order valence-corrected chi connectivity index (χ2v) is 9.33. The van der Waals surface area contributed by atoms with Crippen LogP contribution in [-0.4, -0.2) is 33.6 Å². The van der Waals surface area contributed by atoms with Crippen LogP contribution in [0.3, 0.4) is 0 Å². The average molecular weight is 407 g/mol. The summed E-state index contributed by atoms with van der Waals surface area (Å²) in [6.45, 7) is 11.1. The standard InChI is InChI=1S/C24H30N4S/c1-15(2)28-22(21(26-23(28)29)19-9-7-8-12-25-19)17-10-11-20-18(13-17)16(3)14-24(4,5)27(20)6/h7-15,21-22H,1-6H3,(H,26,29). The Morgan fingerprint density at radius 1 is 1.17 bits per heavy atom. The van der Waals surface area contributed by atoms with Crippen LogP contribution in [0.2, 0.25) is 0 Å². The number of pyridine rings is 1. The van der Waals surface area contributed by atoms with Crippen molar-refractivity contribution in [2.45, 2.75) is 58.3 Å². The predicted octanol–water partition coefficient (Wildman–Crippen LogP) is 5.09. The number of fused-ring (bicyclic) bond motifs is 1. The molecular weight excluding hydrogens is 376 g/mol. The molecule has 1 aromatic heterocycles. The highest BCUT2D eigenvalue weighted by atomic mass is 32.1. The van der Waals surface area contributed by atoms with E-state index in [1.165, 1.54) is 22.4 Å². The van der Waals surface area contributed by atoms with Crippen molar-refractivity contribution in [1.82, 2.24) is 15.2 Å². The fraction of sp³-hybridized carbons (Fsp3) is 0.417. The van der Waals surface area contributed by atoms with Crippen LogP contribution in [0, 0.1) is 0 Å². The van der Waals surface area contributed by atoms with Crippen molar-refractivity contribution < 1.29 is 0 Å². The van der Waals surface area contributed by atoms with E-state index in [1.807, 2.05) is 18.3 Å². The Balaban J connectivity index is 1.83. The third kappa shape index (κ3) is 3.31. The summed E-state index contributed by atoms with van der Waals surface area (Å²) < 4.78 is 0. The second-order valence-electron chi connectivity index (χ2n) is 8.94. The lowest BCUT2D eigenvalue weighted by Crippen LogP contribution is -2.42. The number of anilines is 1. The molecular formula is C24H30N4S. The number of likely N-dealkylation sites (N-methyl/N-ethyl adjacent to an activating group) is 1. The van der Waals surface area contributed by atoms with Crippen molar-refractivity contribution in [2.24, 2.45) is 0 Å². The number of allylic oxidation sites excluding steroid dienone is 1. The summed E-state index contributed by atoms with van der Waals surface area (Å²) in [6, 6.07) is 13.4. The summed E-state index contributed by atoms with van der Waals surface area (Å²) in [7, 11) is 2.17. The van der Waals surface area contributed by atoms with E-state index in [-0.39, 0.29) is 17.6 Å². The first-order chi connectivity index (χ1) is 13.7. The largest absolute Gasteiger partial charge is 0.366 e. The molecule has 4 nitrogen and oxygen atoms in total. The van der Waals surface area contributed by atoms with Crippen LogP contribution in [0.25, 0.3) is 5.57 Å². The zero-order valence-electron chi connectivity index (χ0n) is 18.1. The highest BCUT2D eigenvalue weighted by Crippen LogP contribution is 2.44. The average Bonchev–Trinajstić information content (AvgIpc) is 3.04. The molecule has 1 fully saturated rings. The van der Waals surface area contributed by atoms with Crippen LogP contribution < -0.4 is 10.2 Å². The molecule has 0 radical (unpaired) electrons. The number of aromatic nitrogens is 1. The van der Waals surface area contributed by atoms with Gasteiger partial charge < -0.3 is 15.1 Å². The van der Waals surface area contributed by atoms with Crippen molar-refractivity contribution in [3.05, 3.63) is 65.5 Å². The molecule has 1 saturated heterocycles. The monoisotopic (exact) mass is 406 g/mol. The van der Waals surface area contributed by atoms with E-state index in [0.29, 0.717) is 6.04 Å². The number of hydrogen-bond acceptors (Lipinski definition) is 3. The Morgan fingerprint density at radius 3 is 2.59 bits per heavy atom. The second kappa shape index (κ2) is 7.13. The number of rotatable bonds is 3. The van der Waals surface area contributed by atoms with E-state index in [0.717, 1.165) is 10.8 Å². The quantitative estimate of drug-likeness (QED) is 0.717. The van der Waals surface area contributed by atoms with Gasteiger partial charge in [-0.15, -0.1) is 0 Å². The molecule has 152 valence electrons. The maximum atomic E-state index is 5.73. The highest BCUT2D eigenvalue weighted by molar-refractivity contribution is 7.80. The summed E-state index contributed by atoms with van der Waals surface area (Å²) in [6.07, 6.45) is 4.21. The molecule has 1 aromatic carbocycles. The van der Waals surface area contributed by atoms with Gasteiger partial charge in [0.15, 0.2) is 5.11 Å². The molecule has 2 aromatic rings. The van der Waals surface area contributed by atoms with Gasteiger partial charge in [0.1, 0.15) is 0 Å². The number of hydrogen-bond donors (Lipinski definition) is 1. The van der Waals surface area contributed by atoms with Crippen LogP contribution in [0.4, 0.5) is 5.69 Å². The number of nitrogens with zero attached hydrogens (tertiary/aromatic N) is 3. The minimum Gasteiger partial charge on any atom is -0.366 e. The smallest absolute Gasteiger partial charge is 0.170 e. The summed E-state index contributed by atoms with van der Waals surface area (Å²) in [5, 5.41) is 4.33. The fourth-order valence-electron chi connectivity index (χ4n) is 4.64. The van der Waals surface area contributed by atoms with E-state index >= 15 is 0 Å². The molecule has 0 aliphatic carbocycles. The SMILES string of the molecule is CC1=CC(C)(C)N(C)c2ccc(C3C(c4ccccn4)NC(=S)N3C(C)C)cc21. The first-order valence-corrected chi connectivity index (χ1v) is 10.7. The van der Waals surface area contributed by atoms with Gasteiger partial charge in [-0.3, -0.25) is 4.98 Å². The minimum atomic E-state index is 0.00947. The van der Waals surface area contributed by atoms with Crippen molar-refractivity contribution in [2.75, 3.05) is 11.9 Å². The van der Waals surface area contributed by atoms with Gasteiger partial charge in [0.25, 0.3) is 0 Å². The van der Waals surface area contributed by atoms with Gasteiger partial charge >= 0.3 is 0 Å². The van der Waals surface area contributed by atoms with Crippen LogP contribution in [0.15, 0.2) is 48.7 Å². The molecule has 2 unspecified atom stereocenters. The van der Waals surface area contributed by atoms with Gasteiger partial charge in [-0.05, 0) is 82.2 Å². The Hall–Kier alpha value is -2.40. The third-order valence-electron chi connectivity index (χ3n) is 6.27. The maximum absolute atomic E-state index is 5.73.